The van der Waals surface area contributed by atoms with E-state index in [0.717, 1.165) is 36.5 Å². The molecule has 1 aliphatic rings. The first-order valence-electron chi connectivity index (χ1n) is 5.33. The van der Waals surface area contributed by atoms with Gasteiger partial charge in [-0.3, -0.25) is 5.10 Å². The first-order valence-corrected chi connectivity index (χ1v) is 5.33. The van der Waals surface area contributed by atoms with E-state index in [1.807, 2.05) is 13.8 Å². The second-order valence-electron chi connectivity index (χ2n) is 3.90. The average molecular weight is 207 g/mol. The van der Waals surface area contributed by atoms with Gasteiger partial charge in [0.1, 0.15) is 6.10 Å². The Balaban J connectivity index is 1.90. The molecule has 15 heavy (non-hydrogen) atoms. The number of nitrogens with zero attached hydrogens (tertiary/aromatic N) is 1. The number of aromatic amines is 1. The molecule has 0 saturated heterocycles. The SMILES string of the molecule is Cc1n[nH]c(C)c1NCC1CCC=CO1. The summed E-state index contributed by atoms with van der Waals surface area (Å²) in [5.41, 5.74) is 3.20. The van der Waals surface area contributed by atoms with Crippen molar-refractivity contribution in [1.82, 2.24) is 10.2 Å². The van der Waals surface area contributed by atoms with E-state index in [9.17, 15) is 0 Å². The van der Waals surface area contributed by atoms with Crippen LogP contribution in [0, 0.1) is 13.8 Å². The Kier molecular flexibility index (Phi) is 2.94. The lowest BCUT2D eigenvalue weighted by Gasteiger charge is -2.20. The van der Waals surface area contributed by atoms with Gasteiger partial charge in [0.25, 0.3) is 0 Å². The maximum Gasteiger partial charge on any atom is 0.115 e. The molecule has 0 saturated carbocycles. The Bertz CT molecular complexity index is 337. The van der Waals surface area contributed by atoms with Gasteiger partial charge in [0.15, 0.2) is 0 Å². The highest BCUT2D eigenvalue weighted by Crippen LogP contribution is 2.17. The Morgan fingerprint density at radius 3 is 3.07 bits per heavy atom. The molecule has 2 N–H and O–H groups in total. The van der Waals surface area contributed by atoms with Crippen molar-refractivity contribution in [1.29, 1.82) is 0 Å². The standard InChI is InChI=1S/C11H17N3O/c1-8-11(9(2)14-13-8)12-7-10-5-3-4-6-15-10/h4,6,10,12H,3,5,7H2,1-2H3,(H,13,14). The fraction of sp³-hybridized carbons (Fsp3) is 0.545. The molecule has 1 unspecified atom stereocenters. The van der Waals surface area contributed by atoms with E-state index in [2.05, 4.69) is 21.6 Å². The van der Waals surface area contributed by atoms with Gasteiger partial charge in [-0.05, 0) is 32.8 Å². The number of anilines is 1. The molecule has 0 amide bonds. The number of aryl methyl sites for hydroxylation is 2. The zero-order valence-electron chi connectivity index (χ0n) is 9.21. The lowest BCUT2D eigenvalue weighted by atomic mass is 10.1. The number of hydrogen-bond donors (Lipinski definition) is 2. The number of nitrogens with one attached hydrogen (secondary N) is 2. The van der Waals surface area contributed by atoms with Crippen LogP contribution in [-0.2, 0) is 4.74 Å². The van der Waals surface area contributed by atoms with E-state index in [0.29, 0.717) is 0 Å². The maximum atomic E-state index is 5.48. The van der Waals surface area contributed by atoms with Crippen LogP contribution in [0.4, 0.5) is 5.69 Å². The first-order chi connectivity index (χ1) is 7.27. The number of allylic oxidation sites excluding steroid dienone is 1. The van der Waals surface area contributed by atoms with E-state index in [4.69, 9.17) is 4.74 Å². The molecule has 82 valence electrons. The molecule has 4 nitrogen and oxygen atoms in total. The summed E-state index contributed by atoms with van der Waals surface area (Å²) in [6, 6.07) is 0. The monoisotopic (exact) mass is 207 g/mol. The van der Waals surface area contributed by atoms with Gasteiger partial charge in [0, 0.05) is 0 Å². The molecular formula is C11H17N3O. The minimum Gasteiger partial charge on any atom is -0.497 e. The van der Waals surface area contributed by atoms with Gasteiger partial charge in [0.2, 0.25) is 0 Å². The maximum absolute atomic E-state index is 5.48. The van der Waals surface area contributed by atoms with Crippen LogP contribution in [0.5, 0.6) is 0 Å². The van der Waals surface area contributed by atoms with Crippen molar-refractivity contribution in [3.8, 4) is 0 Å². The molecule has 0 radical (unpaired) electrons. The highest BCUT2D eigenvalue weighted by atomic mass is 16.5. The molecule has 0 aromatic carbocycles. The van der Waals surface area contributed by atoms with Crippen LogP contribution in [0.3, 0.4) is 0 Å². The van der Waals surface area contributed by atoms with Gasteiger partial charge >= 0.3 is 0 Å². The minimum atomic E-state index is 0.281. The van der Waals surface area contributed by atoms with Gasteiger partial charge < -0.3 is 10.1 Å². The molecule has 1 aromatic heterocycles. The number of rotatable bonds is 3. The zero-order chi connectivity index (χ0) is 10.7. The summed E-state index contributed by atoms with van der Waals surface area (Å²) in [4.78, 5) is 0. The highest BCUT2D eigenvalue weighted by Gasteiger charge is 2.12. The van der Waals surface area contributed by atoms with Crippen LogP contribution in [0.15, 0.2) is 12.3 Å². The Morgan fingerprint density at radius 2 is 2.47 bits per heavy atom. The molecular weight excluding hydrogens is 190 g/mol. The van der Waals surface area contributed by atoms with E-state index >= 15 is 0 Å². The van der Waals surface area contributed by atoms with Crippen LogP contribution in [0.25, 0.3) is 0 Å². The molecule has 0 spiro atoms. The van der Waals surface area contributed by atoms with Gasteiger partial charge in [-0.15, -0.1) is 0 Å². The second-order valence-corrected chi connectivity index (χ2v) is 3.90. The second kappa shape index (κ2) is 4.38. The number of H-pyrrole nitrogens is 1. The van der Waals surface area contributed by atoms with E-state index in [-0.39, 0.29) is 6.10 Å². The summed E-state index contributed by atoms with van der Waals surface area (Å²) in [5, 5.41) is 10.5. The largest absolute Gasteiger partial charge is 0.497 e. The van der Waals surface area contributed by atoms with Crippen molar-refractivity contribution < 1.29 is 4.74 Å². The minimum absolute atomic E-state index is 0.281. The van der Waals surface area contributed by atoms with Crippen LogP contribution >= 0.6 is 0 Å². The molecule has 2 heterocycles. The first kappa shape index (κ1) is 10.1. The number of ether oxygens (including phenoxy) is 1. The van der Waals surface area contributed by atoms with Gasteiger partial charge in [-0.2, -0.15) is 5.10 Å². The fourth-order valence-corrected chi connectivity index (χ4v) is 1.76. The zero-order valence-corrected chi connectivity index (χ0v) is 9.21. The molecule has 1 atom stereocenters. The Morgan fingerprint density at radius 1 is 1.60 bits per heavy atom. The predicted octanol–water partition coefficient (Wildman–Crippen LogP) is 2.13. The number of hydrogen-bond acceptors (Lipinski definition) is 3. The smallest absolute Gasteiger partial charge is 0.115 e. The van der Waals surface area contributed by atoms with E-state index in [1.54, 1.807) is 6.26 Å². The predicted molar refractivity (Wildman–Crippen MR) is 59.8 cm³/mol. The van der Waals surface area contributed by atoms with Gasteiger partial charge in [-0.1, -0.05) is 0 Å². The molecule has 0 aliphatic carbocycles. The summed E-state index contributed by atoms with van der Waals surface area (Å²) in [5.74, 6) is 0. The molecule has 4 heteroatoms. The van der Waals surface area contributed by atoms with E-state index in [1.165, 1.54) is 0 Å². The lowest BCUT2D eigenvalue weighted by molar-refractivity contribution is 0.135. The van der Waals surface area contributed by atoms with Crippen molar-refractivity contribution in [2.75, 3.05) is 11.9 Å². The average Bonchev–Trinajstić information content (AvgIpc) is 2.58. The highest BCUT2D eigenvalue weighted by molar-refractivity contribution is 5.51. The summed E-state index contributed by atoms with van der Waals surface area (Å²) < 4.78 is 5.48. The topological polar surface area (TPSA) is 49.9 Å². The van der Waals surface area contributed by atoms with Crippen LogP contribution < -0.4 is 5.32 Å². The van der Waals surface area contributed by atoms with Crippen molar-refractivity contribution >= 4 is 5.69 Å². The Labute approximate surface area is 89.7 Å². The van der Waals surface area contributed by atoms with E-state index < -0.39 is 0 Å². The summed E-state index contributed by atoms with van der Waals surface area (Å²) in [7, 11) is 0. The normalized spacial score (nSPS) is 20.0. The lowest BCUT2D eigenvalue weighted by Crippen LogP contribution is -2.23. The van der Waals surface area contributed by atoms with Crippen LogP contribution in [0.1, 0.15) is 24.2 Å². The molecule has 0 fully saturated rings. The third-order valence-electron chi connectivity index (χ3n) is 2.66. The van der Waals surface area contributed by atoms with Crippen molar-refractivity contribution in [2.24, 2.45) is 0 Å². The molecule has 1 aromatic rings. The number of aromatic nitrogens is 2. The summed E-state index contributed by atoms with van der Waals surface area (Å²) >= 11 is 0. The van der Waals surface area contributed by atoms with Crippen LogP contribution in [0.2, 0.25) is 0 Å². The third kappa shape index (κ3) is 2.32. The van der Waals surface area contributed by atoms with Crippen molar-refractivity contribution in [3.63, 3.8) is 0 Å². The van der Waals surface area contributed by atoms with Crippen LogP contribution in [-0.4, -0.2) is 22.8 Å². The molecule has 2 rings (SSSR count). The molecule has 0 bridgehead atoms. The molecule has 1 aliphatic heterocycles. The summed E-state index contributed by atoms with van der Waals surface area (Å²) in [6.45, 7) is 4.85. The quantitative estimate of drug-likeness (QED) is 0.798. The van der Waals surface area contributed by atoms with Gasteiger partial charge in [0.05, 0.1) is 29.9 Å². The Hall–Kier alpha value is -1.45. The fourth-order valence-electron chi connectivity index (χ4n) is 1.76. The third-order valence-corrected chi connectivity index (χ3v) is 2.66. The van der Waals surface area contributed by atoms with Crippen molar-refractivity contribution in [3.05, 3.63) is 23.7 Å². The van der Waals surface area contributed by atoms with Crippen molar-refractivity contribution in [2.45, 2.75) is 32.8 Å². The van der Waals surface area contributed by atoms with Gasteiger partial charge in [-0.25, -0.2) is 0 Å². The summed E-state index contributed by atoms with van der Waals surface area (Å²) in [6.07, 6.45) is 6.33.